The minimum absolute atomic E-state index is 0.0269. The van der Waals surface area contributed by atoms with Gasteiger partial charge in [-0.25, -0.2) is 4.79 Å². The molecule has 2 aliphatic rings. The maximum absolute atomic E-state index is 12.7. The highest BCUT2D eigenvalue weighted by atomic mass is 16.5. The molecule has 0 bridgehead atoms. The number of anilines is 1. The second-order valence-electron chi connectivity index (χ2n) is 7.95. The van der Waals surface area contributed by atoms with Crippen LogP contribution in [0.2, 0.25) is 0 Å². The van der Waals surface area contributed by atoms with E-state index in [0.29, 0.717) is 26.2 Å². The number of carbonyl (C=O) groups is 1. The van der Waals surface area contributed by atoms with Crippen molar-refractivity contribution in [3.8, 4) is 5.75 Å². The van der Waals surface area contributed by atoms with Gasteiger partial charge in [-0.1, -0.05) is 12.1 Å². The van der Waals surface area contributed by atoms with E-state index in [4.69, 9.17) is 9.47 Å². The zero-order chi connectivity index (χ0) is 20.0. The van der Waals surface area contributed by atoms with Gasteiger partial charge in [0.25, 0.3) is 0 Å². The average Bonchev–Trinajstić information content (AvgIpc) is 2.73. The van der Waals surface area contributed by atoms with Crippen LogP contribution in [-0.2, 0) is 4.74 Å². The molecule has 0 radical (unpaired) electrons. The first-order valence-corrected chi connectivity index (χ1v) is 10.3. The first kappa shape index (κ1) is 20.7. The lowest BCUT2D eigenvalue weighted by molar-refractivity contribution is -0.00905. The molecule has 7 heteroatoms. The number of benzene rings is 1. The van der Waals surface area contributed by atoms with Gasteiger partial charge in [0.05, 0.1) is 25.5 Å². The van der Waals surface area contributed by atoms with Crippen LogP contribution in [0.15, 0.2) is 24.3 Å². The second-order valence-corrected chi connectivity index (χ2v) is 7.95. The summed E-state index contributed by atoms with van der Waals surface area (Å²) in [4.78, 5) is 19.3. The Morgan fingerprint density at radius 3 is 2.46 bits per heavy atom. The second kappa shape index (κ2) is 9.47. The number of amides is 2. The normalized spacial score (nSPS) is 18.8. The van der Waals surface area contributed by atoms with E-state index in [2.05, 4.69) is 35.0 Å². The summed E-state index contributed by atoms with van der Waals surface area (Å²) in [5.41, 5.74) is 1.04. The van der Waals surface area contributed by atoms with E-state index in [1.54, 1.807) is 0 Å². The van der Waals surface area contributed by atoms with Crippen LogP contribution in [0.4, 0.5) is 10.5 Å². The summed E-state index contributed by atoms with van der Waals surface area (Å²) in [5.74, 6) is 0.912. The molecule has 28 heavy (non-hydrogen) atoms. The summed E-state index contributed by atoms with van der Waals surface area (Å²) in [6.45, 7) is 14.1. The predicted octanol–water partition coefficient (Wildman–Crippen LogP) is 2.03. The lowest BCUT2D eigenvalue weighted by Gasteiger charge is -2.41. The van der Waals surface area contributed by atoms with Crippen LogP contribution in [-0.4, -0.2) is 87.0 Å². The van der Waals surface area contributed by atoms with Crippen LogP contribution in [0.5, 0.6) is 5.75 Å². The zero-order valence-electron chi connectivity index (χ0n) is 17.4. The number of ether oxygens (including phenoxy) is 2. The van der Waals surface area contributed by atoms with Gasteiger partial charge >= 0.3 is 6.03 Å². The quantitative estimate of drug-likeness (QED) is 0.806. The molecule has 0 aromatic heterocycles. The van der Waals surface area contributed by atoms with Crippen molar-refractivity contribution >= 4 is 11.7 Å². The van der Waals surface area contributed by atoms with Crippen LogP contribution in [0.25, 0.3) is 0 Å². The maximum Gasteiger partial charge on any atom is 0.317 e. The van der Waals surface area contributed by atoms with E-state index in [1.807, 2.05) is 30.0 Å². The molecule has 0 saturated carbocycles. The summed E-state index contributed by atoms with van der Waals surface area (Å²) in [6, 6.07) is 8.15. The summed E-state index contributed by atoms with van der Waals surface area (Å²) in [7, 11) is 0. The smallest absolute Gasteiger partial charge is 0.317 e. The predicted molar refractivity (Wildman–Crippen MR) is 111 cm³/mol. The van der Waals surface area contributed by atoms with Crippen LogP contribution in [0.3, 0.4) is 0 Å². The number of morpholine rings is 1. The molecule has 2 amide bonds. The molecule has 2 fully saturated rings. The molecule has 1 N–H and O–H groups in total. The van der Waals surface area contributed by atoms with Gasteiger partial charge in [0.2, 0.25) is 0 Å². The molecule has 1 aromatic carbocycles. The molecule has 2 aliphatic heterocycles. The molecule has 0 aliphatic carbocycles. The lowest BCUT2D eigenvalue weighted by Crippen LogP contribution is -2.58. The molecule has 0 atom stereocenters. The molecule has 2 heterocycles. The standard InChI is InChI=1S/C21H34N4O3/c1-4-28-19-8-6-5-7-18(19)23-9-11-24(12-10-23)20(26)22-17-21(2,3)25-13-15-27-16-14-25/h5-8H,4,9-17H2,1-3H3,(H,22,26). The number of para-hydroxylation sites is 2. The van der Waals surface area contributed by atoms with Crippen LogP contribution in [0, 0.1) is 0 Å². The molecule has 2 saturated heterocycles. The Morgan fingerprint density at radius 1 is 1.11 bits per heavy atom. The van der Waals surface area contributed by atoms with Crippen molar-refractivity contribution in [2.75, 3.05) is 70.5 Å². The Labute approximate surface area is 168 Å². The summed E-state index contributed by atoms with van der Waals surface area (Å²) in [5, 5.41) is 3.14. The number of piperazine rings is 1. The van der Waals surface area contributed by atoms with Gasteiger partial charge in [-0.15, -0.1) is 0 Å². The Morgan fingerprint density at radius 2 is 1.79 bits per heavy atom. The number of nitrogens with zero attached hydrogens (tertiary/aromatic N) is 3. The van der Waals surface area contributed by atoms with Crippen molar-refractivity contribution in [1.29, 1.82) is 0 Å². The molecule has 0 unspecified atom stereocenters. The van der Waals surface area contributed by atoms with Crippen LogP contribution >= 0.6 is 0 Å². The largest absolute Gasteiger partial charge is 0.492 e. The Kier molecular flexibility index (Phi) is 7.02. The van der Waals surface area contributed by atoms with Crippen molar-refractivity contribution in [1.82, 2.24) is 15.1 Å². The van der Waals surface area contributed by atoms with Crippen molar-refractivity contribution in [2.24, 2.45) is 0 Å². The van der Waals surface area contributed by atoms with Crippen LogP contribution < -0.4 is 15.0 Å². The number of nitrogens with one attached hydrogen (secondary N) is 1. The molecular formula is C21H34N4O3. The van der Waals surface area contributed by atoms with Gasteiger partial charge in [0.1, 0.15) is 5.75 Å². The monoisotopic (exact) mass is 390 g/mol. The number of rotatable bonds is 6. The van der Waals surface area contributed by atoms with E-state index in [-0.39, 0.29) is 11.6 Å². The molecule has 0 spiro atoms. The van der Waals surface area contributed by atoms with E-state index >= 15 is 0 Å². The third-order valence-electron chi connectivity index (χ3n) is 5.61. The van der Waals surface area contributed by atoms with Crippen LogP contribution in [0.1, 0.15) is 20.8 Å². The highest BCUT2D eigenvalue weighted by Gasteiger charge is 2.30. The van der Waals surface area contributed by atoms with E-state index in [1.165, 1.54) is 0 Å². The Bertz CT molecular complexity index is 638. The lowest BCUT2D eigenvalue weighted by atomic mass is 10.0. The van der Waals surface area contributed by atoms with Gasteiger partial charge in [0, 0.05) is 51.4 Å². The van der Waals surface area contributed by atoms with Crippen molar-refractivity contribution in [2.45, 2.75) is 26.3 Å². The Hall–Kier alpha value is -1.99. The molecular weight excluding hydrogens is 356 g/mol. The number of carbonyl (C=O) groups excluding carboxylic acids is 1. The van der Waals surface area contributed by atoms with Crippen molar-refractivity contribution in [3.63, 3.8) is 0 Å². The van der Waals surface area contributed by atoms with Gasteiger partial charge in [-0.05, 0) is 32.9 Å². The van der Waals surface area contributed by atoms with Gasteiger partial charge in [-0.2, -0.15) is 0 Å². The highest BCUT2D eigenvalue weighted by Crippen LogP contribution is 2.28. The number of urea groups is 1. The fourth-order valence-electron chi connectivity index (χ4n) is 3.83. The highest BCUT2D eigenvalue weighted by molar-refractivity contribution is 5.74. The first-order valence-electron chi connectivity index (χ1n) is 10.3. The van der Waals surface area contributed by atoms with E-state index in [0.717, 1.165) is 50.8 Å². The fraction of sp³-hybridized carbons (Fsp3) is 0.667. The molecule has 7 nitrogen and oxygen atoms in total. The SMILES string of the molecule is CCOc1ccccc1N1CCN(C(=O)NCC(C)(C)N2CCOCC2)CC1. The van der Waals surface area contributed by atoms with E-state index < -0.39 is 0 Å². The van der Waals surface area contributed by atoms with Crippen molar-refractivity contribution < 1.29 is 14.3 Å². The topological polar surface area (TPSA) is 57.3 Å². The number of hydrogen-bond acceptors (Lipinski definition) is 5. The fourth-order valence-corrected chi connectivity index (χ4v) is 3.83. The zero-order valence-corrected chi connectivity index (χ0v) is 17.4. The number of hydrogen-bond donors (Lipinski definition) is 1. The Balaban J connectivity index is 1.49. The van der Waals surface area contributed by atoms with Gasteiger partial charge < -0.3 is 24.6 Å². The minimum atomic E-state index is -0.0717. The third kappa shape index (κ3) is 5.08. The summed E-state index contributed by atoms with van der Waals surface area (Å²) in [6.07, 6.45) is 0. The molecule has 3 rings (SSSR count). The summed E-state index contributed by atoms with van der Waals surface area (Å²) >= 11 is 0. The molecule has 1 aromatic rings. The maximum atomic E-state index is 12.7. The average molecular weight is 391 g/mol. The summed E-state index contributed by atoms with van der Waals surface area (Å²) < 4.78 is 11.2. The van der Waals surface area contributed by atoms with Gasteiger partial charge in [0.15, 0.2) is 0 Å². The third-order valence-corrected chi connectivity index (χ3v) is 5.61. The van der Waals surface area contributed by atoms with E-state index in [9.17, 15) is 4.79 Å². The van der Waals surface area contributed by atoms with Crippen molar-refractivity contribution in [3.05, 3.63) is 24.3 Å². The minimum Gasteiger partial charge on any atom is -0.492 e. The van der Waals surface area contributed by atoms with Gasteiger partial charge in [-0.3, -0.25) is 4.90 Å². The first-order chi connectivity index (χ1) is 13.5. The molecule has 156 valence electrons.